The second-order valence-electron chi connectivity index (χ2n) is 8.82. The van der Waals surface area contributed by atoms with Crippen LogP contribution >= 0.6 is 0 Å². The van der Waals surface area contributed by atoms with Crippen LogP contribution in [0, 0.1) is 5.92 Å². The number of fused-ring (bicyclic) bond motifs is 2. The normalized spacial score (nSPS) is 20.0. The first-order valence-corrected chi connectivity index (χ1v) is 12.6. The van der Waals surface area contributed by atoms with Gasteiger partial charge in [-0.1, -0.05) is 18.2 Å². The first-order valence-electron chi connectivity index (χ1n) is 10.9. The summed E-state index contributed by atoms with van der Waals surface area (Å²) in [5.41, 5.74) is 3.73. The van der Waals surface area contributed by atoms with Gasteiger partial charge in [-0.3, -0.25) is 9.59 Å². The smallest absolute Gasteiger partial charge is 0.230 e. The van der Waals surface area contributed by atoms with Gasteiger partial charge in [0.1, 0.15) is 0 Å². The first kappa shape index (κ1) is 20.2. The molecule has 2 aromatic carbocycles. The molecule has 5 rings (SSSR count). The van der Waals surface area contributed by atoms with Crippen molar-refractivity contribution in [1.82, 2.24) is 0 Å². The van der Waals surface area contributed by atoms with Gasteiger partial charge in [-0.2, -0.15) is 0 Å². The minimum Gasteiger partial charge on any atom is -0.312 e. The zero-order valence-electron chi connectivity index (χ0n) is 17.6. The number of anilines is 2. The number of nitrogens with zero attached hydrogens (tertiary/aromatic N) is 2. The van der Waals surface area contributed by atoms with Crippen molar-refractivity contribution in [2.24, 2.45) is 5.92 Å². The molecule has 1 saturated carbocycles. The highest BCUT2D eigenvalue weighted by Gasteiger charge is 2.37. The van der Waals surface area contributed by atoms with E-state index in [0.29, 0.717) is 13.0 Å². The van der Waals surface area contributed by atoms with Gasteiger partial charge >= 0.3 is 0 Å². The lowest BCUT2D eigenvalue weighted by Gasteiger charge is -2.22. The van der Waals surface area contributed by atoms with Crippen molar-refractivity contribution in [2.45, 2.75) is 50.0 Å². The lowest BCUT2D eigenvalue weighted by Crippen LogP contribution is -2.36. The fourth-order valence-corrected chi connectivity index (χ4v) is 6.03. The topological polar surface area (TPSA) is 74.8 Å². The number of benzene rings is 2. The maximum atomic E-state index is 13.0. The van der Waals surface area contributed by atoms with Crippen molar-refractivity contribution in [3.8, 4) is 0 Å². The molecule has 0 radical (unpaired) electrons. The van der Waals surface area contributed by atoms with Crippen molar-refractivity contribution in [3.63, 3.8) is 0 Å². The number of rotatable bonds is 5. The van der Waals surface area contributed by atoms with Gasteiger partial charge in [0.15, 0.2) is 9.84 Å². The SMILES string of the molecule is C[C@@H]1Cc2ccccc2N1C(=O)CCS(=O)(=O)c1ccc2c(c1)CCN2C(=O)C1CC1. The van der Waals surface area contributed by atoms with Gasteiger partial charge in [0, 0.05) is 36.3 Å². The lowest BCUT2D eigenvalue weighted by atomic mass is 10.1. The highest BCUT2D eigenvalue weighted by atomic mass is 32.2. The minimum atomic E-state index is -3.59. The molecule has 0 unspecified atom stereocenters. The molecule has 2 aliphatic heterocycles. The lowest BCUT2D eigenvalue weighted by molar-refractivity contribution is -0.120. The molecule has 1 fully saturated rings. The van der Waals surface area contributed by atoms with Crippen molar-refractivity contribution in [3.05, 3.63) is 53.6 Å². The molecule has 0 bridgehead atoms. The third-order valence-corrected chi connectivity index (χ3v) is 8.27. The van der Waals surface area contributed by atoms with E-state index in [2.05, 4.69) is 0 Å². The summed E-state index contributed by atoms with van der Waals surface area (Å²) in [7, 11) is -3.59. The molecule has 2 heterocycles. The van der Waals surface area contributed by atoms with Gasteiger partial charge in [0.25, 0.3) is 0 Å². The van der Waals surface area contributed by atoms with Gasteiger partial charge < -0.3 is 9.80 Å². The molecule has 1 atom stereocenters. The molecule has 3 aliphatic rings. The maximum Gasteiger partial charge on any atom is 0.230 e. The minimum absolute atomic E-state index is 0.0302. The summed E-state index contributed by atoms with van der Waals surface area (Å²) in [6, 6.07) is 12.8. The second kappa shape index (κ2) is 7.48. The molecule has 162 valence electrons. The Hall–Kier alpha value is -2.67. The highest BCUT2D eigenvalue weighted by Crippen LogP contribution is 2.37. The fraction of sp³-hybridized carbons (Fsp3) is 0.417. The number of sulfone groups is 1. The van der Waals surface area contributed by atoms with Gasteiger partial charge in [0.05, 0.1) is 10.6 Å². The van der Waals surface area contributed by atoms with Crippen LogP contribution in [0.4, 0.5) is 11.4 Å². The van der Waals surface area contributed by atoms with Crippen LogP contribution < -0.4 is 9.80 Å². The Morgan fingerprint density at radius 3 is 2.58 bits per heavy atom. The molecule has 0 spiro atoms. The van der Waals surface area contributed by atoms with Crippen LogP contribution in [0.5, 0.6) is 0 Å². The number of hydrogen-bond acceptors (Lipinski definition) is 4. The predicted octanol–water partition coefficient (Wildman–Crippen LogP) is 3.13. The van der Waals surface area contributed by atoms with Crippen LogP contribution in [0.15, 0.2) is 47.4 Å². The Balaban J connectivity index is 1.29. The predicted molar refractivity (Wildman–Crippen MR) is 119 cm³/mol. The molecular formula is C24H26N2O4S. The summed E-state index contributed by atoms with van der Waals surface area (Å²) in [4.78, 5) is 29.1. The van der Waals surface area contributed by atoms with Crippen LogP contribution in [0.25, 0.3) is 0 Å². The molecule has 0 N–H and O–H groups in total. The van der Waals surface area contributed by atoms with Gasteiger partial charge in [-0.05, 0) is 68.0 Å². The van der Waals surface area contributed by atoms with Crippen LogP contribution in [-0.4, -0.2) is 38.6 Å². The van der Waals surface area contributed by atoms with Gasteiger partial charge in [0.2, 0.25) is 11.8 Å². The van der Waals surface area contributed by atoms with Crippen molar-refractivity contribution in [2.75, 3.05) is 22.1 Å². The van der Waals surface area contributed by atoms with E-state index in [-0.39, 0.29) is 40.8 Å². The van der Waals surface area contributed by atoms with Crippen molar-refractivity contribution >= 4 is 33.0 Å². The van der Waals surface area contributed by atoms with E-state index in [9.17, 15) is 18.0 Å². The van der Waals surface area contributed by atoms with Crippen molar-refractivity contribution < 1.29 is 18.0 Å². The molecule has 2 amide bonds. The number of carbonyl (C=O) groups excluding carboxylic acids is 2. The van der Waals surface area contributed by atoms with Gasteiger partial charge in [-0.25, -0.2) is 8.42 Å². The molecule has 1 aliphatic carbocycles. The van der Waals surface area contributed by atoms with E-state index in [4.69, 9.17) is 0 Å². The molecule has 6 nitrogen and oxygen atoms in total. The Kier molecular flexibility index (Phi) is 4.88. The Bertz CT molecular complexity index is 1170. The quantitative estimate of drug-likeness (QED) is 0.719. The van der Waals surface area contributed by atoms with Crippen LogP contribution in [0.3, 0.4) is 0 Å². The summed E-state index contributed by atoms with van der Waals surface area (Å²) >= 11 is 0. The zero-order chi connectivity index (χ0) is 21.8. The third kappa shape index (κ3) is 3.65. The number of hydrogen-bond donors (Lipinski definition) is 0. The average molecular weight is 439 g/mol. The van der Waals surface area contributed by atoms with E-state index in [1.54, 1.807) is 28.0 Å². The number of amides is 2. The third-order valence-electron chi connectivity index (χ3n) is 6.56. The maximum absolute atomic E-state index is 13.0. The second-order valence-corrected chi connectivity index (χ2v) is 10.9. The van der Waals surface area contributed by atoms with Crippen LogP contribution in [0.2, 0.25) is 0 Å². The Labute approximate surface area is 182 Å². The first-order chi connectivity index (χ1) is 14.8. The Morgan fingerprint density at radius 2 is 1.81 bits per heavy atom. The van der Waals surface area contributed by atoms with Crippen LogP contribution in [-0.2, 0) is 32.3 Å². The monoisotopic (exact) mass is 438 g/mol. The van der Waals surface area contributed by atoms with E-state index in [0.717, 1.165) is 41.8 Å². The molecular weight excluding hydrogens is 412 g/mol. The standard InChI is InChI=1S/C24H26N2O4S/c1-16-14-18-4-2-3-5-22(18)26(16)23(27)11-13-31(29,30)20-8-9-21-19(15-20)10-12-25(21)24(28)17-6-7-17/h2-5,8-9,15-17H,6-7,10-14H2,1H3/t16-/m1/s1. The van der Waals surface area contributed by atoms with E-state index >= 15 is 0 Å². The molecule has 2 aromatic rings. The van der Waals surface area contributed by atoms with Crippen molar-refractivity contribution in [1.29, 1.82) is 0 Å². The summed E-state index contributed by atoms with van der Waals surface area (Å²) in [6.07, 6.45) is 3.30. The van der Waals surface area contributed by atoms with Gasteiger partial charge in [-0.15, -0.1) is 0 Å². The molecule has 0 saturated heterocycles. The molecule has 7 heteroatoms. The van der Waals surface area contributed by atoms with E-state index in [1.807, 2.05) is 31.2 Å². The van der Waals surface area contributed by atoms with E-state index in [1.165, 1.54) is 0 Å². The zero-order valence-corrected chi connectivity index (χ0v) is 18.4. The summed E-state index contributed by atoms with van der Waals surface area (Å²) in [5.74, 6) is -0.0948. The summed E-state index contributed by atoms with van der Waals surface area (Å²) in [6.45, 7) is 2.60. The summed E-state index contributed by atoms with van der Waals surface area (Å²) < 4.78 is 25.9. The molecule has 0 aromatic heterocycles. The fourth-order valence-electron chi connectivity index (χ4n) is 4.76. The average Bonchev–Trinajstić information content (AvgIpc) is 3.43. The molecule has 31 heavy (non-hydrogen) atoms. The Morgan fingerprint density at radius 1 is 1.03 bits per heavy atom. The summed E-state index contributed by atoms with van der Waals surface area (Å²) in [5, 5.41) is 0. The van der Waals surface area contributed by atoms with Crippen LogP contribution in [0.1, 0.15) is 37.3 Å². The number of para-hydroxylation sites is 1. The largest absolute Gasteiger partial charge is 0.312 e. The number of carbonyl (C=O) groups is 2. The van der Waals surface area contributed by atoms with E-state index < -0.39 is 9.84 Å². The highest BCUT2D eigenvalue weighted by molar-refractivity contribution is 7.91.